The quantitative estimate of drug-likeness (QED) is 0.833. The molecule has 0 bridgehead atoms. The normalized spacial score (nSPS) is 20.8. The molecule has 0 saturated carbocycles. The first kappa shape index (κ1) is 19.0. The van der Waals surface area contributed by atoms with Gasteiger partial charge in [0.1, 0.15) is 6.23 Å². The van der Waals surface area contributed by atoms with Crippen molar-refractivity contribution in [1.82, 2.24) is 24.6 Å². The van der Waals surface area contributed by atoms with Crippen LogP contribution in [0.4, 0.5) is 10.5 Å². The van der Waals surface area contributed by atoms with Crippen LogP contribution in [0.3, 0.4) is 0 Å². The van der Waals surface area contributed by atoms with Crippen LogP contribution >= 0.6 is 0 Å². The van der Waals surface area contributed by atoms with Crippen molar-refractivity contribution in [2.75, 3.05) is 25.0 Å². The van der Waals surface area contributed by atoms with E-state index in [2.05, 4.69) is 22.2 Å². The molecule has 0 aromatic carbocycles. The lowest BCUT2D eigenvalue weighted by molar-refractivity contribution is -0.00151. The number of hydrogen-bond acceptors (Lipinski definition) is 4. The molecule has 152 valence electrons. The zero-order valence-corrected chi connectivity index (χ0v) is 16.6. The number of ether oxygens (including phenoxy) is 1. The molecule has 2 N–H and O–H groups in total. The number of aromatic amines is 1. The third kappa shape index (κ3) is 4.22. The maximum atomic E-state index is 12.8. The number of rotatable bonds is 4. The van der Waals surface area contributed by atoms with Crippen molar-refractivity contribution >= 4 is 11.7 Å². The van der Waals surface area contributed by atoms with Crippen molar-refractivity contribution in [2.45, 2.75) is 64.5 Å². The molecule has 0 spiro atoms. The second-order valence-corrected chi connectivity index (χ2v) is 7.63. The highest BCUT2D eigenvalue weighted by molar-refractivity contribution is 5.92. The Bertz CT molecular complexity index is 784. The molecule has 2 aromatic rings. The number of aryl methyl sites for hydroxylation is 1. The van der Waals surface area contributed by atoms with E-state index < -0.39 is 0 Å². The first-order valence-electron chi connectivity index (χ1n) is 10.6. The minimum absolute atomic E-state index is 0.0652. The third-order valence-electron chi connectivity index (χ3n) is 5.55. The number of urea groups is 1. The fraction of sp³-hybridized carbons (Fsp3) is 0.650. The number of piperidine rings is 1. The van der Waals surface area contributed by atoms with E-state index in [0.717, 1.165) is 63.9 Å². The Morgan fingerprint density at radius 2 is 2.07 bits per heavy atom. The number of imidazole rings is 1. The monoisotopic (exact) mass is 386 g/mol. The highest BCUT2D eigenvalue weighted by Gasteiger charge is 2.24. The standard InChI is InChI=1S/C20H30N6O2/c1-2-15-13-21-19(22-15)18-16(23-20(27)25-10-6-4-7-11-25)14-26(24-18)17-9-5-3-8-12-28-17/h13-14,17H,2-12H2,1H3,(H,21,22)(H,23,27). The van der Waals surface area contributed by atoms with Gasteiger partial charge in [0.05, 0.1) is 11.9 Å². The molecule has 2 aliphatic heterocycles. The number of amides is 2. The molecular weight excluding hydrogens is 356 g/mol. The lowest BCUT2D eigenvalue weighted by Crippen LogP contribution is -2.38. The van der Waals surface area contributed by atoms with Gasteiger partial charge in [-0.3, -0.25) is 0 Å². The highest BCUT2D eigenvalue weighted by atomic mass is 16.5. The van der Waals surface area contributed by atoms with Crippen molar-refractivity contribution in [3.63, 3.8) is 0 Å². The van der Waals surface area contributed by atoms with Gasteiger partial charge in [0.2, 0.25) is 0 Å². The second-order valence-electron chi connectivity index (χ2n) is 7.63. The average molecular weight is 387 g/mol. The largest absolute Gasteiger partial charge is 0.357 e. The Hall–Kier alpha value is -2.35. The van der Waals surface area contributed by atoms with E-state index in [-0.39, 0.29) is 12.3 Å². The van der Waals surface area contributed by atoms with E-state index in [1.807, 2.05) is 22.0 Å². The summed E-state index contributed by atoms with van der Waals surface area (Å²) in [5, 5.41) is 7.83. The van der Waals surface area contributed by atoms with Crippen molar-refractivity contribution in [2.24, 2.45) is 0 Å². The first-order valence-corrected chi connectivity index (χ1v) is 10.6. The average Bonchev–Trinajstić information content (AvgIpc) is 3.27. The molecule has 2 saturated heterocycles. The van der Waals surface area contributed by atoms with Crippen LogP contribution in [0.5, 0.6) is 0 Å². The Morgan fingerprint density at radius 3 is 2.86 bits per heavy atom. The van der Waals surface area contributed by atoms with Gasteiger partial charge in [-0.1, -0.05) is 13.3 Å². The van der Waals surface area contributed by atoms with E-state index in [9.17, 15) is 4.79 Å². The minimum Gasteiger partial charge on any atom is -0.357 e. The summed E-state index contributed by atoms with van der Waals surface area (Å²) >= 11 is 0. The third-order valence-corrected chi connectivity index (χ3v) is 5.55. The molecule has 28 heavy (non-hydrogen) atoms. The summed E-state index contributed by atoms with van der Waals surface area (Å²) in [7, 11) is 0. The van der Waals surface area contributed by atoms with Crippen molar-refractivity contribution in [3.05, 3.63) is 18.1 Å². The van der Waals surface area contributed by atoms with Crippen LogP contribution in [0.25, 0.3) is 11.5 Å². The molecule has 0 radical (unpaired) electrons. The summed E-state index contributed by atoms with van der Waals surface area (Å²) in [4.78, 5) is 22.4. The number of nitrogens with zero attached hydrogens (tertiary/aromatic N) is 4. The Morgan fingerprint density at radius 1 is 1.25 bits per heavy atom. The van der Waals surface area contributed by atoms with E-state index in [4.69, 9.17) is 9.84 Å². The Balaban J connectivity index is 1.61. The fourth-order valence-corrected chi connectivity index (χ4v) is 3.87. The molecule has 1 unspecified atom stereocenters. The van der Waals surface area contributed by atoms with Gasteiger partial charge in [-0.15, -0.1) is 0 Å². The maximum Gasteiger partial charge on any atom is 0.321 e. The molecule has 0 aliphatic carbocycles. The van der Waals surface area contributed by atoms with E-state index in [1.165, 1.54) is 12.8 Å². The molecule has 8 heteroatoms. The maximum absolute atomic E-state index is 12.8. The summed E-state index contributed by atoms with van der Waals surface area (Å²) < 4.78 is 7.84. The van der Waals surface area contributed by atoms with E-state index in [1.54, 1.807) is 0 Å². The number of aromatic nitrogens is 4. The molecule has 4 heterocycles. The molecule has 2 fully saturated rings. The number of carbonyl (C=O) groups is 1. The Labute approximate surface area is 165 Å². The number of hydrogen-bond donors (Lipinski definition) is 2. The van der Waals surface area contributed by atoms with Crippen molar-refractivity contribution < 1.29 is 9.53 Å². The summed E-state index contributed by atoms with van der Waals surface area (Å²) in [5.74, 6) is 0.679. The van der Waals surface area contributed by atoms with Crippen LogP contribution in [0.1, 0.15) is 63.8 Å². The molecule has 1 atom stereocenters. The van der Waals surface area contributed by atoms with Gasteiger partial charge in [-0.2, -0.15) is 5.10 Å². The van der Waals surface area contributed by atoms with Gasteiger partial charge in [-0.25, -0.2) is 14.5 Å². The molecule has 4 rings (SSSR count). The van der Waals surface area contributed by atoms with Gasteiger partial charge >= 0.3 is 6.03 Å². The van der Waals surface area contributed by atoms with Crippen LogP contribution in [0.2, 0.25) is 0 Å². The lowest BCUT2D eigenvalue weighted by Gasteiger charge is -2.26. The number of likely N-dealkylation sites (tertiary alicyclic amines) is 1. The van der Waals surface area contributed by atoms with Gasteiger partial charge in [0.15, 0.2) is 11.5 Å². The second kappa shape index (κ2) is 8.77. The molecule has 8 nitrogen and oxygen atoms in total. The molecule has 2 amide bonds. The molecule has 2 aliphatic rings. The number of nitrogens with one attached hydrogen (secondary N) is 2. The first-order chi connectivity index (χ1) is 13.7. The predicted molar refractivity (Wildman–Crippen MR) is 107 cm³/mol. The predicted octanol–water partition coefficient (Wildman–Crippen LogP) is 3.94. The van der Waals surface area contributed by atoms with Crippen LogP contribution in [-0.2, 0) is 11.2 Å². The summed E-state index contributed by atoms with van der Waals surface area (Å²) in [6.07, 6.45) is 12.1. The SMILES string of the molecule is CCc1cnc(-c2nn(C3CCCCCO3)cc2NC(=O)N2CCCCC2)[nH]1. The van der Waals surface area contributed by atoms with Gasteiger partial charge in [0.25, 0.3) is 0 Å². The zero-order chi connectivity index (χ0) is 19.3. The van der Waals surface area contributed by atoms with Crippen LogP contribution in [0.15, 0.2) is 12.4 Å². The highest BCUT2D eigenvalue weighted by Crippen LogP contribution is 2.29. The van der Waals surface area contributed by atoms with E-state index >= 15 is 0 Å². The topological polar surface area (TPSA) is 88.1 Å². The van der Waals surface area contributed by atoms with Crippen LogP contribution in [-0.4, -0.2) is 50.4 Å². The summed E-state index contributed by atoms with van der Waals surface area (Å²) in [6.45, 7) is 4.44. The fourth-order valence-electron chi connectivity index (χ4n) is 3.87. The van der Waals surface area contributed by atoms with Crippen LogP contribution < -0.4 is 5.32 Å². The number of anilines is 1. The van der Waals surface area contributed by atoms with E-state index in [0.29, 0.717) is 17.2 Å². The summed E-state index contributed by atoms with van der Waals surface area (Å²) in [5.41, 5.74) is 2.39. The van der Waals surface area contributed by atoms with Crippen molar-refractivity contribution in [3.8, 4) is 11.5 Å². The van der Waals surface area contributed by atoms with Crippen molar-refractivity contribution in [1.29, 1.82) is 0 Å². The Kier molecular flexibility index (Phi) is 5.95. The van der Waals surface area contributed by atoms with Gasteiger partial charge in [-0.05, 0) is 44.9 Å². The molecular formula is C20H30N6O2. The smallest absolute Gasteiger partial charge is 0.321 e. The number of H-pyrrole nitrogens is 1. The van der Waals surface area contributed by atoms with Gasteiger partial charge < -0.3 is 19.9 Å². The van der Waals surface area contributed by atoms with Gasteiger partial charge in [0, 0.05) is 31.6 Å². The molecule has 2 aromatic heterocycles. The number of carbonyl (C=O) groups excluding carboxylic acids is 1. The van der Waals surface area contributed by atoms with Crippen LogP contribution in [0, 0.1) is 0 Å². The lowest BCUT2D eigenvalue weighted by atomic mass is 10.1. The minimum atomic E-state index is -0.0949. The summed E-state index contributed by atoms with van der Waals surface area (Å²) in [6, 6.07) is -0.0652. The zero-order valence-electron chi connectivity index (χ0n) is 16.6.